The molecule has 0 aromatic heterocycles. The quantitative estimate of drug-likeness (QED) is 0.703. The van der Waals surface area contributed by atoms with Crippen LogP contribution < -0.4 is 0 Å². The van der Waals surface area contributed by atoms with Crippen molar-refractivity contribution >= 4 is 0 Å². The summed E-state index contributed by atoms with van der Waals surface area (Å²) in [4.78, 5) is 0. The summed E-state index contributed by atoms with van der Waals surface area (Å²) in [6.45, 7) is 2.07. The molecule has 0 unspecified atom stereocenters. The Morgan fingerprint density at radius 2 is 1.94 bits per heavy atom. The molecule has 0 saturated heterocycles. The van der Waals surface area contributed by atoms with Crippen LogP contribution in [0.25, 0.3) is 0 Å². The summed E-state index contributed by atoms with van der Waals surface area (Å²) in [6, 6.07) is 23.0. The van der Waals surface area contributed by atoms with E-state index in [2.05, 4.69) is 19.1 Å². The Morgan fingerprint density at radius 3 is 2.38 bits per heavy atom. The van der Waals surface area contributed by atoms with E-state index in [9.17, 15) is 0 Å². The highest BCUT2D eigenvalue weighted by atomic mass is 14.2. The number of rotatable bonds is 1. The van der Waals surface area contributed by atoms with E-state index in [0.29, 0.717) is 5.56 Å². The maximum absolute atomic E-state index is 8.48. The molecule has 0 aliphatic carbocycles. The summed E-state index contributed by atoms with van der Waals surface area (Å²) in [5.74, 6) is 0. The van der Waals surface area contributed by atoms with Crippen molar-refractivity contribution in [2.24, 2.45) is 0 Å². The zero-order chi connectivity index (χ0) is 11.6. The first-order valence-electron chi connectivity index (χ1n) is 5.18. The second-order valence-electron chi connectivity index (χ2n) is 3.15. The maximum Gasteiger partial charge on any atom is 0.0998 e. The van der Waals surface area contributed by atoms with E-state index >= 15 is 0 Å². The molecule has 16 heavy (non-hydrogen) atoms. The van der Waals surface area contributed by atoms with Crippen LogP contribution in [-0.2, 0) is 6.42 Å². The molecule has 0 heterocycles. The van der Waals surface area contributed by atoms with Crippen molar-refractivity contribution in [3.8, 4) is 6.07 Å². The first kappa shape index (κ1) is 12.0. The van der Waals surface area contributed by atoms with Gasteiger partial charge in [0, 0.05) is 6.07 Å². The van der Waals surface area contributed by atoms with E-state index in [1.54, 1.807) is 6.07 Å². The summed E-state index contributed by atoms with van der Waals surface area (Å²) >= 11 is 0. The van der Waals surface area contributed by atoms with Gasteiger partial charge in [-0.1, -0.05) is 49.4 Å². The zero-order valence-electron chi connectivity index (χ0n) is 9.27. The van der Waals surface area contributed by atoms with Crippen molar-refractivity contribution in [1.82, 2.24) is 0 Å². The molecule has 0 aliphatic heterocycles. The standard InChI is InChI=1S/C9H8N.C6H5/c1-2-8-4-3-5-9(6-8)7-10;1-2-4-6-5-3-1/h3-4,6H,2H2,1H3;1-5H. The van der Waals surface area contributed by atoms with Gasteiger partial charge in [0.1, 0.15) is 0 Å². The number of hydrogen-bond donors (Lipinski definition) is 0. The molecule has 2 aromatic rings. The third-order valence-electron chi connectivity index (χ3n) is 2.00. The van der Waals surface area contributed by atoms with E-state index in [1.807, 2.05) is 48.5 Å². The SMILES string of the molecule is CCc1cc[c]c(C#N)c1.[c]1ccccc1. The van der Waals surface area contributed by atoms with Gasteiger partial charge in [0.25, 0.3) is 0 Å². The third kappa shape index (κ3) is 4.43. The molecule has 2 rings (SSSR count). The molecule has 0 atom stereocenters. The zero-order valence-corrected chi connectivity index (χ0v) is 9.27. The van der Waals surface area contributed by atoms with Crippen molar-refractivity contribution in [3.05, 3.63) is 71.8 Å². The van der Waals surface area contributed by atoms with Gasteiger partial charge in [-0.15, -0.1) is 0 Å². The van der Waals surface area contributed by atoms with Gasteiger partial charge in [0.2, 0.25) is 0 Å². The largest absolute Gasteiger partial charge is 0.192 e. The normalized spacial score (nSPS) is 8.50. The van der Waals surface area contributed by atoms with E-state index in [-0.39, 0.29) is 0 Å². The van der Waals surface area contributed by atoms with Crippen LogP contribution in [0.15, 0.2) is 48.5 Å². The molecule has 0 fully saturated rings. The Balaban J connectivity index is 0.000000181. The Bertz CT molecular complexity index is 414. The fourth-order valence-electron chi connectivity index (χ4n) is 1.14. The molecule has 1 heteroatoms. The maximum atomic E-state index is 8.48. The lowest BCUT2D eigenvalue weighted by molar-refractivity contribution is 1.14. The lowest BCUT2D eigenvalue weighted by Gasteiger charge is -1.93. The van der Waals surface area contributed by atoms with Gasteiger partial charge in [0.15, 0.2) is 0 Å². The molecular formula is C15H13N. The van der Waals surface area contributed by atoms with Crippen molar-refractivity contribution < 1.29 is 0 Å². The monoisotopic (exact) mass is 207 g/mol. The first-order valence-corrected chi connectivity index (χ1v) is 5.18. The van der Waals surface area contributed by atoms with Gasteiger partial charge in [-0.3, -0.25) is 0 Å². The summed E-state index contributed by atoms with van der Waals surface area (Å²) in [6.07, 6.45) is 0.976. The van der Waals surface area contributed by atoms with Gasteiger partial charge in [-0.05, 0) is 24.1 Å². The Kier molecular flexibility index (Phi) is 5.44. The smallest absolute Gasteiger partial charge is 0.0998 e. The Hall–Kier alpha value is -2.07. The van der Waals surface area contributed by atoms with Crippen LogP contribution in [-0.4, -0.2) is 0 Å². The lowest BCUT2D eigenvalue weighted by Crippen LogP contribution is -1.80. The van der Waals surface area contributed by atoms with Gasteiger partial charge in [-0.25, -0.2) is 0 Å². The molecule has 2 radical (unpaired) electrons. The average molecular weight is 207 g/mol. The van der Waals surface area contributed by atoms with Crippen molar-refractivity contribution in [3.63, 3.8) is 0 Å². The number of nitrogens with zero attached hydrogens (tertiary/aromatic N) is 1. The van der Waals surface area contributed by atoms with Gasteiger partial charge in [-0.2, -0.15) is 5.26 Å². The van der Waals surface area contributed by atoms with Gasteiger partial charge < -0.3 is 0 Å². The highest BCUT2D eigenvalue weighted by molar-refractivity contribution is 5.31. The molecule has 0 spiro atoms. The number of benzene rings is 2. The molecule has 1 nitrogen and oxygen atoms in total. The van der Waals surface area contributed by atoms with Crippen LogP contribution in [0, 0.1) is 23.5 Å². The first-order chi connectivity index (χ1) is 7.86. The predicted molar refractivity (Wildman–Crippen MR) is 64.6 cm³/mol. The number of hydrogen-bond acceptors (Lipinski definition) is 1. The molecule has 0 bridgehead atoms. The molecule has 0 aliphatic rings. The molecule has 2 aromatic carbocycles. The molecule has 0 saturated carbocycles. The van der Waals surface area contributed by atoms with Crippen molar-refractivity contribution in [1.29, 1.82) is 5.26 Å². The molecule has 0 amide bonds. The minimum absolute atomic E-state index is 0.624. The minimum Gasteiger partial charge on any atom is -0.192 e. The van der Waals surface area contributed by atoms with Crippen LogP contribution in [0.2, 0.25) is 0 Å². The predicted octanol–water partition coefficient (Wildman–Crippen LogP) is 3.41. The van der Waals surface area contributed by atoms with Crippen LogP contribution in [0.3, 0.4) is 0 Å². The summed E-state index contributed by atoms with van der Waals surface area (Å²) < 4.78 is 0. The van der Waals surface area contributed by atoms with Crippen LogP contribution in [0.1, 0.15) is 18.1 Å². The summed E-state index contributed by atoms with van der Waals surface area (Å²) in [5.41, 5.74) is 1.81. The van der Waals surface area contributed by atoms with Crippen LogP contribution >= 0.6 is 0 Å². The molecular weight excluding hydrogens is 194 g/mol. The van der Waals surface area contributed by atoms with Gasteiger partial charge >= 0.3 is 0 Å². The second-order valence-corrected chi connectivity index (χ2v) is 3.15. The minimum atomic E-state index is 0.624. The Labute approximate surface area is 97.0 Å². The van der Waals surface area contributed by atoms with E-state index in [1.165, 1.54) is 5.56 Å². The van der Waals surface area contributed by atoms with Gasteiger partial charge in [0.05, 0.1) is 11.6 Å². The average Bonchev–Trinajstić information content (AvgIpc) is 2.41. The topological polar surface area (TPSA) is 23.8 Å². The van der Waals surface area contributed by atoms with Crippen molar-refractivity contribution in [2.45, 2.75) is 13.3 Å². The lowest BCUT2D eigenvalue weighted by atomic mass is 10.1. The summed E-state index contributed by atoms with van der Waals surface area (Å²) in [7, 11) is 0. The van der Waals surface area contributed by atoms with Crippen LogP contribution in [0.5, 0.6) is 0 Å². The highest BCUT2D eigenvalue weighted by Crippen LogP contribution is 2.02. The third-order valence-corrected chi connectivity index (χ3v) is 2.00. The highest BCUT2D eigenvalue weighted by Gasteiger charge is 1.90. The van der Waals surface area contributed by atoms with E-state index in [0.717, 1.165) is 6.42 Å². The van der Waals surface area contributed by atoms with Crippen molar-refractivity contribution in [2.75, 3.05) is 0 Å². The van der Waals surface area contributed by atoms with E-state index in [4.69, 9.17) is 5.26 Å². The van der Waals surface area contributed by atoms with E-state index < -0.39 is 0 Å². The van der Waals surface area contributed by atoms with Crippen LogP contribution in [0.4, 0.5) is 0 Å². The Morgan fingerprint density at radius 1 is 1.19 bits per heavy atom. The number of nitriles is 1. The molecule has 0 N–H and O–H groups in total. The number of aryl methyl sites for hydroxylation is 1. The summed E-state index contributed by atoms with van der Waals surface area (Å²) in [5, 5.41) is 8.48. The molecule has 78 valence electrons. The second kappa shape index (κ2) is 7.25. The fraction of sp³-hybridized carbons (Fsp3) is 0.133. The fourth-order valence-corrected chi connectivity index (χ4v) is 1.14.